The zero-order valence-corrected chi connectivity index (χ0v) is 9.47. The SMILES string of the molecule is O=C(c1ccc(O)c(O)c1)N1CC2CCC1C2. The fourth-order valence-corrected chi connectivity index (χ4v) is 3.00. The van der Waals surface area contributed by atoms with Crippen molar-refractivity contribution in [2.75, 3.05) is 6.54 Å². The Morgan fingerprint density at radius 3 is 2.65 bits per heavy atom. The number of amides is 1. The van der Waals surface area contributed by atoms with Crippen molar-refractivity contribution >= 4 is 5.91 Å². The number of carbonyl (C=O) groups excluding carboxylic acids is 1. The van der Waals surface area contributed by atoms with Crippen molar-refractivity contribution in [2.24, 2.45) is 5.92 Å². The molecule has 0 radical (unpaired) electrons. The summed E-state index contributed by atoms with van der Waals surface area (Å²) in [6.07, 6.45) is 3.45. The number of benzene rings is 1. The molecule has 1 aliphatic heterocycles. The Morgan fingerprint density at radius 1 is 1.24 bits per heavy atom. The third-order valence-electron chi connectivity index (χ3n) is 3.89. The van der Waals surface area contributed by atoms with Gasteiger partial charge in [-0.1, -0.05) is 0 Å². The van der Waals surface area contributed by atoms with Crippen LogP contribution < -0.4 is 0 Å². The molecule has 0 spiro atoms. The van der Waals surface area contributed by atoms with E-state index in [-0.39, 0.29) is 17.4 Å². The summed E-state index contributed by atoms with van der Waals surface area (Å²) in [5.41, 5.74) is 0.452. The molecule has 4 nitrogen and oxygen atoms in total. The van der Waals surface area contributed by atoms with Gasteiger partial charge in [0.05, 0.1) is 0 Å². The van der Waals surface area contributed by atoms with E-state index in [4.69, 9.17) is 0 Å². The number of hydrogen-bond donors (Lipinski definition) is 2. The quantitative estimate of drug-likeness (QED) is 0.726. The van der Waals surface area contributed by atoms with Crippen LogP contribution in [0.5, 0.6) is 11.5 Å². The van der Waals surface area contributed by atoms with Gasteiger partial charge < -0.3 is 15.1 Å². The third-order valence-corrected chi connectivity index (χ3v) is 3.89. The van der Waals surface area contributed by atoms with E-state index in [1.54, 1.807) is 6.07 Å². The lowest BCUT2D eigenvalue weighted by Gasteiger charge is -2.27. The second kappa shape index (κ2) is 3.65. The van der Waals surface area contributed by atoms with Gasteiger partial charge in [0.25, 0.3) is 5.91 Å². The molecule has 4 heteroatoms. The van der Waals surface area contributed by atoms with Crippen molar-refractivity contribution in [1.29, 1.82) is 0 Å². The van der Waals surface area contributed by atoms with Gasteiger partial charge in [-0.2, -0.15) is 0 Å². The Hall–Kier alpha value is -1.71. The molecule has 2 bridgehead atoms. The minimum Gasteiger partial charge on any atom is -0.504 e. The van der Waals surface area contributed by atoms with Gasteiger partial charge in [-0.3, -0.25) is 4.79 Å². The maximum Gasteiger partial charge on any atom is 0.254 e. The molecule has 90 valence electrons. The molecule has 2 unspecified atom stereocenters. The lowest BCUT2D eigenvalue weighted by atomic mass is 10.1. The van der Waals surface area contributed by atoms with E-state index < -0.39 is 0 Å². The Morgan fingerprint density at radius 2 is 2.06 bits per heavy atom. The molecule has 1 amide bonds. The van der Waals surface area contributed by atoms with E-state index in [0.717, 1.165) is 19.4 Å². The van der Waals surface area contributed by atoms with Crippen LogP contribution >= 0.6 is 0 Å². The highest BCUT2D eigenvalue weighted by molar-refractivity contribution is 5.95. The van der Waals surface area contributed by atoms with E-state index in [0.29, 0.717) is 17.5 Å². The summed E-state index contributed by atoms with van der Waals surface area (Å²) in [4.78, 5) is 14.1. The summed E-state index contributed by atoms with van der Waals surface area (Å²) in [5, 5.41) is 18.6. The Kier molecular flexibility index (Phi) is 2.24. The van der Waals surface area contributed by atoms with Gasteiger partial charge in [0.15, 0.2) is 11.5 Å². The van der Waals surface area contributed by atoms with Crippen molar-refractivity contribution in [3.63, 3.8) is 0 Å². The van der Waals surface area contributed by atoms with E-state index in [1.807, 2.05) is 4.90 Å². The maximum absolute atomic E-state index is 12.2. The number of hydrogen-bond acceptors (Lipinski definition) is 3. The Bertz CT molecular complexity index is 472. The number of piperidine rings is 1. The molecule has 1 saturated heterocycles. The first-order valence-electron chi connectivity index (χ1n) is 5.98. The predicted octanol–water partition coefficient (Wildman–Crippen LogP) is 1.72. The van der Waals surface area contributed by atoms with Gasteiger partial charge >= 0.3 is 0 Å². The molecule has 2 fully saturated rings. The average molecular weight is 233 g/mol. The topological polar surface area (TPSA) is 60.8 Å². The van der Waals surface area contributed by atoms with Gasteiger partial charge in [-0.15, -0.1) is 0 Å². The lowest BCUT2D eigenvalue weighted by Crippen LogP contribution is -2.37. The van der Waals surface area contributed by atoms with Crippen molar-refractivity contribution in [3.8, 4) is 11.5 Å². The van der Waals surface area contributed by atoms with Crippen LogP contribution in [0.15, 0.2) is 18.2 Å². The second-order valence-corrected chi connectivity index (χ2v) is 4.99. The predicted molar refractivity (Wildman–Crippen MR) is 61.9 cm³/mol. The number of nitrogens with zero attached hydrogens (tertiary/aromatic N) is 1. The molecule has 1 aromatic carbocycles. The van der Waals surface area contributed by atoms with E-state index in [2.05, 4.69) is 0 Å². The second-order valence-electron chi connectivity index (χ2n) is 4.99. The minimum absolute atomic E-state index is 0.0347. The Balaban J connectivity index is 1.84. The van der Waals surface area contributed by atoms with Crippen LogP contribution in [-0.2, 0) is 0 Å². The number of fused-ring (bicyclic) bond motifs is 2. The first kappa shape index (κ1) is 10.4. The average Bonchev–Trinajstić information content (AvgIpc) is 2.93. The summed E-state index contributed by atoms with van der Waals surface area (Å²) in [6, 6.07) is 4.63. The zero-order chi connectivity index (χ0) is 12.0. The third kappa shape index (κ3) is 1.64. The molecule has 1 saturated carbocycles. The van der Waals surface area contributed by atoms with Gasteiger partial charge in [0.1, 0.15) is 0 Å². The summed E-state index contributed by atoms with van der Waals surface area (Å²) >= 11 is 0. The molecule has 1 aromatic rings. The number of aromatic hydroxyl groups is 2. The minimum atomic E-state index is -0.236. The molecule has 0 aromatic heterocycles. The van der Waals surface area contributed by atoms with Crippen molar-refractivity contribution in [2.45, 2.75) is 25.3 Å². The zero-order valence-electron chi connectivity index (χ0n) is 9.47. The van der Waals surface area contributed by atoms with E-state index in [1.165, 1.54) is 18.6 Å². The highest BCUT2D eigenvalue weighted by atomic mass is 16.3. The van der Waals surface area contributed by atoms with Crippen LogP contribution in [0.25, 0.3) is 0 Å². The lowest BCUT2D eigenvalue weighted by molar-refractivity contribution is 0.0703. The van der Waals surface area contributed by atoms with Crippen LogP contribution in [0.4, 0.5) is 0 Å². The van der Waals surface area contributed by atoms with Crippen LogP contribution in [0.2, 0.25) is 0 Å². The van der Waals surface area contributed by atoms with Crippen LogP contribution in [0, 0.1) is 5.92 Å². The molecular weight excluding hydrogens is 218 g/mol. The molecule has 2 N–H and O–H groups in total. The van der Waals surface area contributed by atoms with Crippen LogP contribution in [-0.4, -0.2) is 33.6 Å². The molecule has 17 heavy (non-hydrogen) atoms. The number of likely N-dealkylation sites (tertiary alicyclic amines) is 1. The smallest absolute Gasteiger partial charge is 0.254 e. The highest BCUT2D eigenvalue weighted by Crippen LogP contribution is 2.38. The number of carbonyl (C=O) groups is 1. The number of phenolic OH excluding ortho intramolecular Hbond substituents is 2. The van der Waals surface area contributed by atoms with Crippen molar-refractivity contribution < 1.29 is 15.0 Å². The molecular formula is C13H15NO3. The molecule has 2 aliphatic rings. The van der Waals surface area contributed by atoms with Crippen molar-refractivity contribution in [1.82, 2.24) is 4.90 Å². The standard InChI is InChI=1S/C13H15NO3/c15-11-4-2-9(6-12(11)16)13(17)14-7-8-1-3-10(14)5-8/h2,4,6,8,10,15-16H,1,3,5,7H2. The summed E-state index contributed by atoms with van der Waals surface area (Å²) in [7, 11) is 0. The molecule has 1 heterocycles. The van der Waals surface area contributed by atoms with Crippen LogP contribution in [0.3, 0.4) is 0 Å². The summed E-state index contributed by atoms with van der Waals surface area (Å²) in [5.74, 6) is 0.201. The summed E-state index contributed by atoms with van der Waals surface area (Å²) in [6.45, 7) is 0.838. The fraction of sp³-hybridized carbons (Fsp3) is 0.462. The fourth-order valence-electron chi connectivity index (χ4n) is 3.00. The molecule has 2 atom stereocenters. The number of phenols is 2. The largest absolute Gasteiger partial charge is 0.504 e. The normalized spacial score (nSPS) is 26.5. The monoisotopic (exact) mass is 233 g/mol. The summed E-state index contributed by atoms with van der Waals surface area (Å²) < 4.78 is 0. The van der Waals surface area contributed by atoms with Gasteiger partial charge in [0.2, 0.25) is 0 Å². The first-order chi connectivity index (χ1) is 8.15. The van der Waals surface area contributed by atoms with Crippen molar-refractivity contribution in [3.05, 3.63) is 23.8 Å². The van der Waals surface area contributed by atoms with Gasteiger partial charge in [0, 0.05) is 18.2 Å². The molecule has 3 rings (SSSR count). The maximum atomic E-state index is 12.2. The van der Waals surface area contributed by atoms with E-state index in [9.17, 15) is 15.0 Å². The van der Waals surface area contributed by atoms with Gasteiger partial charge in [-0.05, 0) is 43.4 Å². The van der Waals surface area contributed by atoms with Gasteiger partial charge in [-0.25, -0.2) is 0 Å². The number of rotatable bonds is 1. The Labute approximate surface area is 99.5 Å². The van der Waals surface area contributed by atoms with E-state index >= 15 is 0 Å². The first-order valence-corrected chi connectivity index (χ1v) is 5.98. The highest BCUT2D eigenvalue weighted by Gasteiger charge is 2.40. The molecule has 1 aliphatic carbocycles. The van der Waals surface area contributed by atoms with Crippen LogP contribution in [0.1, 0.15) is 29.6 Å².